The maximum Gasteiger partial charge on any atom is 0.335 e. The topological polar surface area (TPSA) is 90.8 Å². The van der Waals surface area contributed by atoms with Crippen molar-refractivity contribution in [1.82, 2.24) is 9.97 Å². The quantitative estimate of drug-likeness (QED) is 0.415. The van der Waals surface area contributed by atoms with Crippen LogP contribution < -0.4 is 19.9 Å². The van der Waals surface area contributed by atoms with E-state index in [4.69, 9.17) is 4.74 Å². The number of urea groups is 1. The van der Waals surface area contributed by atoms with Crippen molar-refractivity contribution in [3.8, 4) is 11.5 Å². The number of phenolic OH excluding ortho intramolecular Hbond substituents is 1. The lowest BCUT2D eigenvalue weighted by Crippen LogP contribution is -2.45. The molecule has 1 aromatic heterocycles. The van der Waals surface area contributed by atoms with E-state index in [1.165, 1.54) is 0 Å². The van der Waals surface area contributed by atoms with Gasteiger partial charge in [0.1, 0.15) is 11.5 Å². The van der Waals surface area contributed by atoms with Crippen LogP contribution in [-0.4, -0.2) is 28.2 Å². The highest BCUT2D eigenvalue weighted by Crippen LogP contribution is 2.36. The van der Waals surface area contributed by atoms with Gasteiger partial charge in [0.25, 0.3) is 0 Å². The van der Waals surface area contributed by atoms with Gasteiger partial charge in [0, 0.05) is 23.1 Å². The zero-order valence-corrected chi connectivity index (χ0v) is 17.8. The molecule has 0 spiro atoms. The van der Waals surface area contributed by atoms with Crippen molar-refractivity contribution in [3.05, 3.63) is 90.6 Å². The summed E-state index contributed by atoms with van der Waals surface area (Å²) in [6.45, 7) is 0.337. The number of hydrogen-bond acceptors (Lipinski definition) is 6. The average molecular weight is 439 g/mol. The number of methoxy groups -OCH3 is 1. The van der Waals surface area contributed by atoms with Gasteiger partial charge in [0.2, 0.25) is 5.95 Å². The Bertz CT molecular complexity index is 1280. The number of carbonyl (C=O) groups is 1. The molecule has 8 heteroatoms. The van der Waals surface area contributed by atoms with Gasteiger partial charge in [0.05, 0.1) is 19.3 Å². The fraction of sp³-hybridized carbons (Fsp3) is 0.0800. The molecular weight excluding hydrogens is 418 g/mol. The third-order valence-corrected chi connectivity index (χ3v) is 5.33. The van der Waals surface area contributed by atoms with Crippen LogP contribution in [0.2, 0.25) is 0 Å². The molecule has 2 amide bonds. The summed E-state index contributed by atoms with van der Waals surface area (Å²) in [5.41, 5.74) is 2.99. The summed E-state index contributed by atoms with van der Waals surface area (Å²) in [5.74, 6) is 1.77. The second kappa shape index (κ2) is 8.51. The van der Waals surface area contributed by atoms with E-state index >= 15 is 0 Å². The number of para-hydroxylation sites is 1. The monoisotopic (exact) mass is 439 g/mol. The number of phenols is 1. The maximum absolute atomic E-state index is 13.7. The zero-order valence-electron chi connectivity index (χ0n) is 17.8. The van der Waals surface area contributed by atoms with Crippen LogP contribution in [-0.2, 0) is 6.54 Å². The number of aromatic hydroxyl groups is 1. The molecule has 0 aliphatic carbocycles. The average Bonchev–Trinajstić information content (AvgIpc) is 2.86. The molecule has 0 fully saturated rings. The van der Waals surface area contributed by atoms with Crippen LogP contribution in [0.1, 0.15) is 5.56 Å². The Balaban J connectivity index is 1.55. The van der Waals surface area contributed by atoms with Crippen LogP contribution in [0.3, 0.4) is 0 Å². The number of rotatable bonds is 5. The number of hydrogen-bond donors (Lipinski definition) is 2. The number of amides is 2. The van der Waals surface area contributed by atoms with E-state index in [1.807, 2.05) is 54.6 Å². The summed E-state index contributed by atoms with van der Waals surface area (Å²) in [6, 6.07) is 23.1. The third-order valence-electron chi connectivity index (χ3n) is 5.33. The van der Waals surface area contributed by atoms with E-state index in [2.05, 4.69) is 15.3 Å². The van der Waals surface area contributed by atoms with E-state index in [0.717, 1.165) is 22.7 Å². The highest BCUT2D eigenvalue weighted by molar-refractivity contribution is 6.10. The van der Waals surface area contributed by atoms with Gasteiger partial charge in [-0.1, -0.05) is 18.2 Å². The molecule has 4 aromatic rings. The number of nitrogens with zero attached hydrogens (tertiary/aromatic N) is 4. The Kier molecular flexibility index (Phi) is 5.24. The molecule has 33 heavy (non-hydrogen) atoms. The van der Waals surface area contributed by atoms with Crippen molar-refractivity contribution in [1.29, 1.82) is 0 Å². The maximum atomic E-state index is 13.7. The summed E-state index contributed by atoms with van der Waals surface area (Å²) in [4.78, 5) is 26.1. The highest BCUT2D eigenvalue weighted by atomic mass is 16.5. The van der Waals surface area contributed by atoms with E-state index in [-0.39, 0.29) is 11.8 Å². The Morgan fingerprint density at radius 2 is 1.67 bits per heavy atom. The van der Waals surface area contributed by atoms with Crippen LogP contribution >= 0.6 is 0 Å². The number of benzene rings is 3. The van der Waals surface area contributed by atoms with Crippen molar-refractivity contribution < 1.29 is 14.6 Å². The molecule has 0 unspecified atom stereocenters. The zero-order chi connectivity index (χ0) is 22.8. The largest absolute Gasteiger partial charge is 0.508 e. The minimum atomic E-state index is -0.215. The van der Waals surface area contributed by atoms with Gasteiger partial charge >= 0.3 is 6.03 Å². The van der Waals surface area contributed by atoms with Crippen LogP contribution in [0.4, 0.5) is 33.6 Å². The molecular formula is C25H21N5O3. The van der Waals surface area contributed by atoms with E-state index in [9.17, 15) is 9.90 Å². The van der Waals surface area contributed by atoms with Crippen LogP contribution in [0.25, 0.3) is 0 Å². The lowest BCUT2D eigenvalue weighted by molar-refractivity contribution is 0.252. The molecule has 0 saturated heterocycles. The third kappa shape index (κ3) is 4.01. The smallest absolute Gasteiger partial charge is 0.335 e. The molecule has 1 aliphatic heterocycles. The molecule has 0 saturated carbocycles. The standard InChI is InChI=1S/C25H21N5O3/c1-33-22-13-9-19(10-14-22)29-16-17-15-26-24(27-18-7-11-21(31)12-8-18)28-23(17)30(25(29)32)20-5-3-2-4-6-20/h2-15,31H,16H2,1H3,(H,26,27,28). The molecule has 0 atom stereocenters. The number of nitrogens with one attached hydrogen (secondary N) is 1. The van der Waals surface area contributed by atoms with Crippen LogP contribution in [0.15, 0.2) is 85.1 Å². The second-order valence-corrected chi connectivity index (χ2v) is 7.45. The molecule has 0 radical (unpaired) electrons. The van der Waals surface area contributed by atoms with Crippen molar-refractivity contribution >= 4 is 34.9 Å². The van der Waals surface area contributed by atoms with Crippen molar-refractivity contribution in [2.24, 2.45) is 0 Å². The van der Waals surface area contributed by atoms with Crippen molar-refractivity contribution in [3.63, 3.8) is 0 Å². The summed E-state index contributed by atoms with van der Waals surface area (Å²) in [5, 5.41) is 12.6. The number of fused-ring (bicyclic) bond motifs is 1. The minimum absolute atomic E-state index is 0.173. The predicted molar refractivity (Wildman–Crippen MR) is 127 cm³/mol. The second-order valence-electron chi connectivity index (χ2n) is 7.45. The summed E-state index contributed by atoms with van der Waals surface area (Å²) < 4.78 is 5.24. The first kappa shape index (κ1) is 20.3. The first-order chi connectivity index (χ1) is 16.1. The van der Waals surface area contributed by atoms with E-state index < -0.39 is 0 Å². The van der Waals surface area contributed by atoms with Gasteiger partial charge < -0.3 is 15.2 Å². The Labute approximate surface area is 190 Å². The van der Waals surface area contributed by atoms with Gasteiger partial charge in [0.15, 0.2) is 5.82 Å². The Morgan fingerprint density at radius 3 is 2.36 bits per heavy atom. The lowest BCUT2D eigenvalue weighted by Gasteiger charge is -2.36. The fourth-order valence-electron chi connectivity index (χ4n) is 3.66. The summed E-state index contributed by atoms with van der Waals surface area (Å²) in [6.07, 6.45) is 1.73. The van der Waals surface area contributed by atoms with Gasteiger partial charge in [-0.15, -0.1) is 0 Å². The van der Waals surface area contributed by atoms with Crippen LogP contribution in [0.5, 0.6) is 11.5 Å². The van der Waals surface area contributed by atoms with Gasteiger partial charge in [-0.3, -0.25) is 4.90 Å². The minimum Gasteiger partial charge on any atom is -0.508 e. The molecule has 164 valence electrons. The highest BCUT2D eigenvalue weighted by Gasteiger charge is 2.34. The molecule has 2 heterocycles. The number of aromatic nitrogens is 2. The fourth-order valence-corrected chi connectivity index (χ4v) is 3.66. The van der Waals surface area contributed by atoms with Gasteiger partial charge in [-0.25, -0.2) is 14.7 Å². The molecule has 1 aliphatic rings. The van der Waals surface area contributed by atoms with Gasteiger partial charge in [-0.05, 0) is 60.7 Å². The molecule has 8 nitrogen and oxygen atoms in total. The molecule has 3 aromatic carbocycles. The summed E-state index contributed by atoms with van der Waals surface area (Å²) >= 11 is 0. The molecule has 0 bridgehead atoms. The first-order valence-corrected chi connectivity index (χ1v) is 10.3. The molecule has 5 rings (SSSR count). The normalized spacial score (nSPS) is 12.9. The Morgan fingerprint density at radius 1 is 0.939 bits per heavy atom. The summed E-state index contributed by atoms with van der Waals surface area (Å²) in [7, 11) is 1.61. The van der Waals surface area contributed by atoms with Gasteiger partial charge in [-0.2, -0.15) is 4.98 Å². The number of ether oxygens (including phenoxy) is 1. The first-order valence-electron chi connectivity index (χ1n) is 10.3. The van der Waals surface area contributed by atoms with E-state index in [1.54, 1.807) is 47.4 Å². The number of anilines is 5. The molecule has 2 N–H and O–H groups in total. The van der Waals surface area contributed by atoms with Crippen molar-refractivity contribution in [2.45, 2.75) is 6.54 Å². The SMILES string of the molecule is COc1ccc(N2Cc3cnc(Nc4ccc(O)cc4)nc3N(c3ccccc3)C2=O)cc1. The van der Waals surface area contributed by atoms with E-state index in [0.29, 0.717) is 24.0 Å². The lowest BCUT2D eigenvalue weighted by atomic mass is 10.1. The Hall–Kier alpha value is -4.59. The van der Waals surface area contributed by atoms with Crippen LogP contribution in [0, 0.1) is 0 Å². The predicted octanol–water partition coefficient (Wildman–Crippen LogP) is 5.21. The van der Waals surface area contributed by atoms with Crippen molar-refractivity contribution in [2.75, 3.05) is 22.2 Å². The number of carbonyl (C=O) groups excluding carboxylic acids is 1.